The zero-order chi connectivity index (χ0) is 27.4. The van der Waals surface area contributed by atoms with Crippen LogP contribution in [0.15, 0.2) is 42.5 Å². The van der Waals surface area contributed by atoms with E-state index in [-0.39, 0.29) is 36.1 Å². The summed E-state index contributed by atoms with van der Waals surface area (Å²) in [4.78, 5) is 16.7. The van der Waals surface area contributed by atoms with Gasteiger partial charge in [-0.2, -0.15) is 21.6 Å². The first kappa shape index (κ1) is 27.8. The van der Waals surface area contributed by atoms with Crippen LogP contribution in [0.4, 0.5) is 18.0 Å². The van der Waals surface area contributed by atoms with Crippen LogP contribution in [0.3, 0.4) is 0 Å². The number of methoxy groups -OCH3 is 2. The molecule has 3 rings (SSSR count). The zero-order valence-electron chi connectivity index (χ0n) is 20.4. The van der Waals surface area contributed by atoms with Gasteiger partial charge in [-0.25, -0.2) is 4.79 Å². The number of halogens is 3. The summed E-state index contributed by atoms with van der Waals surface area (Å²) in [5.74, 6) is -1.06. The molecule has 2 aromatic carbocycles. The van der Waals surface area contributed by atoms with E-state index in [4.69, 9.17) is 14.2 Å². The van der Waals surface area contributed by atoms with Crippen LogP contribution < -0.4 is 19.0 Å². The van der Waals surface area contributed by atoms with Crippen molar-refractivity contribution in [3.8, 4) is 28.4 Å². The second-order valence-electron chi connectivity index (χ2n) is 8.21. The summed E-state index contributed by atoms with van der Waals surface area (Å²) in [5, 5.41) is 3.28. The molecule has 0 atom stereocenters. The van der Waals surface area contributed by atoms with Gasteiger partial charge in [0.25, 0.3) is 0 Å². The van der Waals surface area contributed by atoms with Gasteiger partial charge in [-0.1, -0.05) is 32.0 Å². The monoisotopic (exact) mass is 542 g/mol. The quantitative estimate of drug-likeness (QED) is 0.296. The van der Waals surface area contributed by atoms with Gasteiger partial charge in [0.05, 0.1) is 38.6 Å². The number of pyridine rings is 1. The predicted octanol–water partition coefficient (Wildman–Crippen LogP) is 5.03. The Hall–Kier alpha value is -3.74. The molecule has 1 heterocycles. The summed E-state index contributed by atoms with van der Waals surface area (Å²) in [6.07, 6.45) is -0.679. The Morgan fingerprint density at radius 3 is 2.35 bits per heavy atom. The maximum atomic E-state index is 13.0. The van der Waals surface area contributed by atoms with E-state index < -0.39 is 27.5 Å². The summed E-state index contributed by atoms with van der Waals surface area (Å²) in [6.45, 7) is 3.87. The van der Waals surface area contributed by atoms with Gasteiger partial charge >= 0.3 is 21.7 Å². The van der Waals surface area contributed by atoms with E-state index in [1.807, 2.05) is 13.8 Å². The Labute approximate surface area is 211 Å². The Bertz CT molecular complexity index is 1390. The number of hydrogen-bond donors (Lipinski definition) is 1. The van der Waals surface area contributed by atoms with Gasteiger partial charge in [0.1, 0.15) is 0 Å². The number of carbonyl (C=O) groups is 1. The van der Waals surface area contributed by atoms with Crippen LogP contribution in [0.25, 0.3) is 22.0 Å². The lowest BCUT2D eigenvalue weighted by Crippen LogP contribution is -2.28. The molecule has 13 heteroatoms. The molecular weight excluding hydrogens is 517 g/mol. The molecule has 0 aliphatic heterocycles. The highest BCUT2D eigenvalue weighted by Crippen LogP contribution is 2.44. The molecule has 200 valence electrons. The first-order valence-corrected chi connectivity index (χ1v) is 12.3. The predicted molar refractivity (Wildman–Crippen MR) is 129 cm³/mol. The topological polar surface area (TPSA) is 113 Å². The van der Waals surface area contributed by atoms with Crippen molar-refractivity contribution in [2.45, 2.75) is 25.9 Å². The number of amides is 1. The SMILES string of the molecule is COc1cc(-c2cc3ccccc3nc2CNC(=O)OCC(C)C)cc(OS(=O)(=O)C(F)(F)F)c1OC. The van der Waals surface area contributed by atoms with Gasteiger partial charge in [0, 0.05) is 10.9 Å². The third-order valence-corrected chi connectivity index (χ3v) is 5.96. The molecule has 1 aromatic heterocycles. The van der Waals surface area contributed by atoms with Gasteiger partial charge in [0.15, 0.2) is 11.5 Å². The molecule has 3 aromatic rings. The van der Waals surface area contributed by atoms with Crippen LogP contribution >= 0.6 is 0 Å². The van der Waals surface area contributed by atoms with Crippen LogP contribution in [0.1, 0.15) is 19.5 Å². The molecule has 1 N–H and O–H groups in total. The van der Waals surface area contributed by atoms with Crippen molar-refractivity contribution in [3.63, 3.8) is 0 Å². The Morgan fingerprint density at radius 2 is 1.73 bits per heavy atom. The number of ether oxygens (including phenoxy) is 3. The molecule has 0 unspecified atom stereocenters. The lowest BCUT2D eigenvalue weighted by Gasteiger charge is -2.18. The van der Waals surface area contributed by atoms with Crippen molar-refractivity contribution in [1.82, 2.24) is 10.3 Å². The van der Waals surface area contributed by atoms with Gasteiger partial charge in [-0.05, 0) is 35.7 Å². The van der Waals surface area contributed by atoms with Crippen molar-refractivity contribution in [3.05, 3.63) is 48.2 Å². The number of fused-ring (bicyclic) bond motifs is 1. The first-order chi connectivity index (χ1) is 17.4. The zero-order valence-corrected chi connectivity index (χ0v) is 21.2. The van der Waals surface area contributed by atoms with Crippen LogP contribution in [0, 0.1) is 5.92 Å². The molecule has 0 radical (unpaired) electrons. The summed E-state index contributed by atoms with van der Waals surface area (Å²) in [6, 6.07) is 11.3. The maximum absolute atomic E-state index is 13.0. The van der Waals surface area contributed by atoms with E-state index in [0.717, 1.165) is 13.2 Å². The second kappa shape index (κ2) is 11.1. The molecule has 0 spiro atoms. The van der Waals surface area contributed by atoms with Gasteiger partial charge in [-0.3, -0.25) is 4.98 Å². The van der Waals surface area contributed by atoms with E-state index >= 15 is 0 Å². The smallest absolute Gasteiger partial charge is 0.493 e. The minimum atomic E-state index is -6.01. The number of alkyl halides is 3. The number of hydrogen-bond acceptors (Lipinski definition) is 8. The first-order valence-electron chi connectivity index (χ1n) is 10.9. The molecule has 0 aliphatic carbocycles. The number of nitrogens with zero attached hydrogens (tertiary/aromatic N) is 1. The average Bonchev–Trinajstić information content (AvgIpc) is 2.84. The van der Waals surface area contributed by atoms with Crippen molar-refractivity contribution in [2.24, 2.45) is 5.92 Å². The fourth-order valence-electron chi connectivity index (χ4n) is 3.30. The highest BCUT2D eigenvalue weighted by Gasteiger charge is 2.49. The van der Waals surface area contributed by atoms with Gasteiger partial charge in [-0.15, -0.1) is 0 Å². The molecule has 0 saturated carbocycles. The fourth-order valence-corrected chi connectivity index (χ4v) is 3.76. The molecule has 0 bridgehead atoms. The minimum Gasteiger partial charge on any atom is -0.493 e. The maximum Gasteiger partial charge on any atom is 0.534 e. The number of nitrogens with one attached hydrogen (secondary N) is 1. The Balaban J connectivity index is 2.13. The molecule has 0 fully saturated rings. The lowest BCUT2D eigenvalue weighted by molar-refractivity contribution is -0.0500. The molecule has 0 aliphatic rings. The van der Waals surface area contributed by atoms with Crippen LogP contribution in [0.2, 0.25) is 0 Å². The van der Waals surface area contributed by atoms with Crippen LogP contribution in [0.5, 0.6) is 17.2 Å². The fraction of sp³-hybridized carbons (Fsp3) is 0.333. The highest BCUT2D eigenvalue weighted by atomic mass is 32.2. The summed E-state index contributed by atoms with van der Waals surface area (Å²) in [7, 11) is -3.65. The summed E-state index contributed by atoms with van der Waals surface area (Å²) in [5.41, 5.74) is -4.17. The second-order valence-corrected chi connectivity index (χ2v) is 9.75. The third kappa shape index (κ3) is 6.53. The number of para-hydroxylation sites is 1. The normalized spacial score (nSPS) is 11.9. The van der Waals surface area contributed by atoms with Crippen molar-refractivity contribution < 1.29 is 44.8 Å². The van der Waals surface area contributed by atoms with E-state index in [1.165, 1.54) is 13.2 Å². The van der Waals surface area contributed by atoms with Crippen molar-refractivity contribution >= 4 is 27.1 Å². The van der Waals surface area contributed by atoms with E-state index in [1.54, 1.807) is 30.3 Å². The summed E-state index contributed by atoms with van der Waals surface area (Å²) >= 11 is 0. The number of rotatable bonds is 9. The molecule has 0 saturated heterocycles. The van der Waals surface area contributed by atoms with Crippen LogP contribution in [-0.2, 0) is 21.4 Å². The molecule has 9 nitrogen and oxygen atoms in total. The lowest BCUT2D eigenvalue weighted by atomic mass is 10.00. The largest absolute Gasteiger partial charge is 0.534 e. The molecular formula is C24H25F3N2O7S. The van der Waals surface area contributed by atoms with Gasteiger partial charge in [0.2, 0.25) is 5.75 Å². The van der Waals surface area contributed by atoms with Gasteiger partial charge < -0.3 is 23.7 Å². The van der Waals surface area contributed by atoms with Crippen molar-refractivity contribution in [2.75, 3.05) is 20.8 Å². The number of benzene rings is 2. The van der Waals surface area contributed by atoms with E-state index in [2.05, 4.69) is 14.5 Å². The van der Waals surface area contributed by atoms with Crippen molar-refractivity contribution in [1.29, 1.82) is 0 Å². The number of alkyl carbamates (subject to hydrolysis) is 1. The standard InChI is InChI=1S/C24H25F3N2O7S/c1-14(2)13-35-23(30)28-12-19-17(9-15-7-5-6-8-18(15)29-19)16-10-20(33-3)22(34-4)21(11-16)36-37(31,32)24(25,26)27/h5-11,14H,12-13H2,1-4H3,(H,28,30). The van der Waals surface area contributed by atoms with E-state index in [0.29, 0.717) is 22.2 Å². The summed E-state index contributed by atoms with van der Waals surface area (Å²) < 4.78 is 82.4. The number of carbonyl (C=O) groups excluding carboxylic acids is 1. The molecule has 37 heavy (non-hydrogen) atoms. The average molecular weight is 543 g/mol. The minimum absolute atomic E-state index is 0.0872. The Kier molecular flexibility index (Phi) is 8.36. The van der Waals surface area contributed by atoms with E-state index in [9.17, 15) is 26.4 Å². The number of aromatic nitrogens is 1. The third-order valence-electron chi connectivity index (χ3n) is 4.99. The van der Waals surface area contributed by atoms with Crippen LogP contribution in [-0.4, -0.2) is 45.8 Å². The molecule has 1 amide bonds. The Morgan fingerprint density at radius 1 is 1.05 bits per heavy atom. The highest BCUT2D eigenvalue weighted by molar-refractivity contribution is 7.88.